The van der Waals surface area contributed by atoms with E-state index in [9.17, 15) is 0 Å². The molecule has 6 heteroatoms. The highest BCUT2D eigenvalue weighted by molar-refractivity contribution is 9.10. The average Bonchev–Trinajstić information content (AvgIpc) is 2.25. The molecule has 3 N–H and O–H groups in total. The van der Waals surface area contributed by atoms with Gasteiger partial charge in [0, 0.05) is 10.2 Å². The van der Waals surface area contributed by atoms with E-state index >= 15 is 0 Å². The SMILES string of the molecule is Nc1cc(Cl)c(Nc2ccc(Br)cc2Cl)c(Cl)c1. The summed E-state index contributed by atoms with van der Waals surface area (Å²) in [5.41, 5.74) is 7.45. The van der Waals surface area contributed by atoms with E-state index in [1.54, 1.807) is 18.2 Å². The third kappa shape index (κ3) is 3.04. The molecule has 0 saturated heterocycles. The Morgan fingerprint density at radius 3 is 2.11 bits per heavy atom. The lowest BCUT2D eigenvalue weighted by atomic mass is 10.2. The molecular weight excluding hydrogens is 358 g/mol. The Balaban J connectivity index is 2.40. The van der Waals surface area contributed by atoms with Gasteiger partial charge in [-0.05, 0) is 30.3 Å². The number of halogens is 4. The molecule has 0 fully saturated rings. The van der Waals surface area contributed by atoms with Gasteiger partial charge in [-0.15, -0.1) is 0 Å². The lowest BCUT2D eigenvalue weighted by Gasteiger charge is -2.12. The van der Waals surface area contributed by atoms with E-state index in [0.29, 0.717) is 32.1 Å². The second-order valence-electron chi connectivity index (χ2n) is 3.61. The predicted molar refractivity (Wildman–Crippen MR) is 83.3 cm³/mol. The monoisotopic (exact) mass is 364 g/mol. The van der Waals surface area contributed by atoms with E-state index in [1.165, 1.54) is 0 Å². The maximum absolute atomic E-state index is 6.11. The van der Waals surface area contributed by atoms with Gasteiger partial charge in [0.05, 0.1) is 26.4 Å². The van der Waals surface area contributed by atoms with Gasteiger partial charge in [0.15, 0.2) is 0 Å². The van der Waals surface area contributed by atoms with Gasteiger partial charge in [-0.3, -0.25) is 0 Å². The van der Waals surface area contributed by atoms with Gasteiger partial charge >= 0.3 is 0 Å². The maximum atomic E-state index is 6.11. The molecule has 0 heterocycles. The van der Waals surface area contributed by atoms with Crippen LogP contribution in [0.2, 0.25) is 15.1 Å². The minimum Gasteiger partial charge on any atom is -0.399 e. The number of hydrogen-bond donors (Lipinski definition) is 2. The zero-order chi connectivity index (χ0) is 13.3. The van der Waals surface area contributed by atoms with E-state index in [2.05, 4.69) is 21.2 Å². The fourth-order valence-corrected chi connectivity index (χ4v) is 2.76. The molecule has 0 aliphatic rings. The Kier molecular flexibility index (Phi) is 4.28. The standard InChI is InChI=1S/C12H8BrCl3N2/c13-6-1-2-11(8(14)3-6)18-12-9(15)4-7(17)5-10(12)16/h1-5,18H,17H2. The number of nitrogen functional groups attached to an aromatic ring is 1. The average molecular weight is 366 g/mol. The fourth-order valence-electron chi connectivity index (χ4n) is 1.44. The van der Waals surface area contributed by atoms with Gasteiger partial charge in [0.1, 0.15) is 0 Å². The second-order valence-corrected chi connectivity index (χ2v) is 5.75. The minimum absolute atomic E-state index is 0.444. The smallest absolute Gasteiger partial charge is 0.0764 e. The van der Waals surface area contributed by atoms with Crippen LogP contribution < -0.4 is 11.1 Å². The van der Waals surface area contributed by atoms with Crippen molar-refractivity contribution in [1.29, 1.82) is 0 Å². The highest BCUT2D eigenvalue weighted by Crippen LogP contribution is 2.37. The van der Waals surface area contributed by atoms with Crippen LogP contribution in [0.4, 0.5) is 17.1 Å². The summed E-state index contributed by atoms with van der Waals surface area (Å²) in [5, 5.41) is 4.54. The van der Waals surface area contributed by atoms with Gasteiger partial charge in [0.25, 0.3) is 0 Å². The van der Waals surface area contributed by atoms with Crippen LogP contribution in [0, 0.1) is 0 Å². The van der Waals surface area contributed by atoms with Gasteiger partial charge in [-0.25, -0.2) is 0 Å². The molecule has 0 amide bonds. The molecule has 0 aromatic heterocycles. The zero-order valence-corrected chi connectivity index (χ0v) is 12.8. The van der Waals surface area contributed by atoms with Crippen LogP contribution in [-0.2, 0) is 0 Å². The largest absolute Gasteiger partial charge is 0.399 e. The van der Waals surface area contributed by atoms with Gasteiger partial charge in [-0.1, -0.05) is 50.7 Å². The first-order chi connectivity index (χ1) is 8.47. The quantitative estimate of drug-likeness (QED) is 0.666. The molecule has 0 aliphatic heterocycles. The number of nitrogens with two attached hydrogens (primary N) is 1. The Hall–Kier alpha value is -0.610. The third-order valence-electron chi connectivity index (χ3n) is 2.26. The molecule has 2 aromatic rings. The highest BCUT2D eigenvalue weighted by Gasteiger charge is 2.09. The van der Waals surface area contributed by atoms with Crippen molar-refractivity contribution in [3.63, 3.8) is 0 Å². The molecule has 2 nitrogen and oxygen atoms in total. The van der Waals surface area contributed by atoms with Crippen LogP contribution in [0.25, 0.3) is 0 Å². The number of rotatable bonds is 2. The number of nitrogens with one attached hydrogen (secondary N) is 1. The van der Waals surface area contributed by atoms with Crippen LogP contribution in [0.5, 0.6) is 0 Å². The first-order valence-corrected chi connectivity index (χ1v) is 6.86. The van der Waals surface area contributed by atoms with E-state index in [-0.39, 0.29) is 0 Å². The predicted octanol–water partition coefficient (Wildman–Crippen LogP) is 5.74. The number of anilines is 3. The molecule has 94 valence electrons. The van der Waals surface area contributed by atoms with Crippen LogP contribution in [-0.4, -0.2) is 0 Å². The van der Waals surface area contributed by atoms with Crippen LogP contribution in [0.3, 0.4) is 0 Å². The highest BCUT2D eigenvalue weighted by atomic mass is 79.9. The van der Waals surface area contributed by atoms with Crippen molar-refractivity contribution >= 4 is 67.8 Å². The topological polar surface area (TPSA) is 38.0 Å². The fraction of sp³-hybridized carbons (Fsp3) is 0. The maximum Gasteiger partial charge on any atom is 0.0764 e. The van der Waals surface area contributed by atoms with Gasteiger partial charge < -0.3 is 11.1 Å². The molecule has 0 bridgehead atoms. The molecule has 2 aromatic carbocycles. The third-order valence-corrected chi connectivity index (χ3v) is 3.66. The molecule has 0 unspecified atom stereocenters. The minimum atomic E-state index is 0.444. The summed E-state index contributed by atoms with van der Waals surface area (Å²) >= 11 is 21.6. The van der Waals surface area contributed by atoms with Crippen molar-refractivity contribution < 1.29 is 0 Å². The molecule has 0 spiro atoms. The van der Waals surface area contributed by atoms with Crippen molar-refractivity contribution in [3.8, 4) is 0 Å². The normalized spacial score (nSPS) is 10.4. The molecule has 0 radical (unpaired) electrons. The van der Waals surface area contributed by atoms with Crippen LogP contribution in [0.1, 0.15) is 0 Å². The van der Waals surface area contributed by atoms with Crippen LogP contribution in [0.15, 0.2) is 34.8 Å². The zero-order valence-electron chi connectivity index (χ0n) is 8.98. The van der Waals surface area contributed by atoms with Crippen LogP contribution >= 0.6 is 50.7 Å². The Bertz CT molecular complexity index is 579. The molecule has 2 rings (SSSR count). The molecular formula is C12H8BrCl3N2. The van der Waals surface area contributed by atoms with Crippen molar-refractivity contribution in [3.05, 3.63) is 49.9 Å². The first-order valence-electron chi connectivity index (χ1n) is 4.94. The molecule has 18 heavy (non-hydrogen) atoms. The summed E-state index contributed by atoms with van der Waals surface area (Å²) in [7, 11) is 0. The van der Waals surface area contributed by atoms with E-state index in [1.807, 2.05) is 12.1 Å². The van der Waals surface area contributed by atoms with Crippen molar-refractivity contribution in [2.75, 3.05) is 11.1 Å². The summed E-state index contributed by atoms with van der Waals surface area (Å²) in [6.45, 7) is 0. The Morgan fingerprint density at radius 1 is 0.944 bits per heavy atom. The summed E-state index contributed by atoms with van der Waals surface area (Å²) in [6, 6.07) is 8.73. The Labute approximate surface area is 128 Å². The molecule has 0 saturated carbocycles. The van der Waals surface area contributed by atoms with E-state index < -0.39 is 0 Å². The summed E-state index contributed by atoms with van der Waals surface area (Å²) in [5.74, 6) is 0. The van der Waals surface area contributed by atoms with Gasteiger partial charge in [-0.2, -0.15) is 0 Å². The number of benzene rings is 2. The van der Waals surface area contributed by atoms with Crippen molar-refractivity contribution in [2.45, 2.75) is 0 Å². The number of hydrogen-bond acceptors (Lipinski definition) is 2. The van der Waals surface area contributed by atoms with Crippen molar-refractivity contribution in [2.24, 2.45) is 0 Å². The molecule has 0 atom stereocenters. The molecule has 0 aliphatic carbocycles. The summed E-state index contributed by atoms with van der Waals surface area (Å²) in [4.78, 5) is 0. The van der Waals surface area contributed by atoms with E-state index in [4.69, 9.17) is 40.5 Å². The first kappa shape index (κ1) is 13.8. The lowest BCUT2D eigenvalue weighted by Crippen LogP contribution is -1.95. The van der Waals surface area contributed by atoms with E-state index in [0.717, 1.165) is 4.47 Å². The van der Waals surface area contributed by atoms with Gasteiger partial charge in [0.2, 0.25) is 0 Å². The lowest BCUT2D eigenvalue weighted by molar-refractivity contribution is 1.53. The summed E-state index contributed by atoms with van der Waals surface area (Å²) in [6.07, 6.45) is 0. The van der Waals surface area contributed by atoms with Crippen molar-refractivity contribution in [1.82, 2.24) is 0 Å². The summed E-state index contributed by atoms with van der Waals surface area (Å²) < 4.78 is 0.896. The second kappa shape index (κ2) is 5.57. The Morgan fingerprint density at radius 2 is 1.56 bits per heavy atom.